The highest BCUT2D eigenvalue weighted by molar-refractivity contribution is 7.79. The number of rotatable bonds is 7. The summed E-state index contributed by atoms with van der Waals surface area (Å²) in [6.45, 7) is 2.03. The van der Waals surface area contributed by atoms with Gasteiger partial charge in [-0.05, 0) is 30.5 Å². The molecule has 3 nitrogen and oxygen atoms in total. The molecule has 2 aromatic carbocycles. The van der Waals surface area contributed by atoms with Crippen molar-refractivity contribution in [2.45, 2.75) is 19.8 Å². The molecule has 2 aromatic rings. The van der Waals surface area contributed by atoms with Crippen molar-refractivity contribution in [3.63, 3.8) is 0 Å². The molecule has 0 aliphatic rings. The summed E-state index contributed by atoms with van der Waals surface area (Å²) in [5, 5.41) is 1.62. The van der Waals surface area contributed by atoms with E-state index >= 15 is 0 Å². The number of ketones is 1. The van der Waals surface area contributed by atoms with Crippen molar-refractivity contribution in [3.05, 3.63) is 70.8 Å². The molecule has 0 spiro atoms. The van der Waals surface area contributed by atoms with Crippen LogP contribution < -0.4 is 0 Å². The van der Waals surface area contributed by atoms with Gasteiger partial charge in [0, 0.05) is 17.4 Å². The van der Waals surface area contributed by atoms with Crippen molar-refractivity contribution in [1.82, 2.24) is 0 Å². The number of aryl methyl sites for hydroxylation is 1. The van der Waals surface area contributed by atoms with Crippen LogP contribution in [0.1, 0.15) is 45.2 Å². The zero-order valence-corrected chi connectivity index (χ0v) is 13.8. The highest BCUT2D eigenvalue weighted by atomic mass is 32.1. The van der Waals surface area contributed by atoms with Gasteiger partial charge >= 0.3 is 5.97 Å². The molecule has 0 aromatic heterocycles. The lowest BCUT2D eigenvalue weighted by Gasteiger charge is -2.08. The fourth-order valence-corrected chi connectivity index (χ4v) is 2.43. The van der Waals surface area contributed by atoms with Crippen molar-refractivity contribution >= 4 is 29.3 Å². The second-order valence-corrected chi connectivity index (χ2v) is 5.28. The molecule has 0 heterocycles. The van der Waals surface area contributed by atoms with Gasteiger partial charge in [-0.15, -0.1) is 0 Å². The van der Waals surface area contributed by atoms with Gasteiger partial charge in [0.05, 0.1) is 12.2 Å². The van der Waals surface area contributed by atoms with E-state index in [4.69, 9.17) is 17.0 Å². The average Bonchev–Trinajstić information content (AvgIpc) is 2.60. The summed E-state index contributed by atoms with van der Waals surface area (Å²) < 4.78 is 5.00. The van der Waals surface area contributed by atoms with E-state index in [9.17, 15) is 9.59 Å². The van der Waals surface area contributed by atoms with Crippen LogP contribution in [-0.4, -0.2) is 23.7 Å². The molecule has 0 saturated carbocycles. The van der Waals surface area contributed by atoms with Crippen LogP contribution in [0.4, 0.5) is 0 Å². The molecule has 118 valence electrons. The average molecular weight is 326 g/mol. The van der Waals surface area contributed by atoms with E-state index in [2.05, 4.69) is 0 Å². The predicted octanol–water partition coefficient (Wildman–Crippen LogP) is 4.03. The Labute approximate surface area is 141 Å². The minimum atomic E-state index is -0.457. The summed E-state index contributed by atoms with van der Waals surface area (Å²) in [6.07, 6.45) is 0.959. The van der Waals surface area contributed by atoms with Crippen LogP contribution in [0.5, 0.6) is 0 Å². The van der Waals surface area contributed by atoms with Crippen LogP contribution in [0.2, 0.25) is 0 Å². The minimum Gasteiger partial charge on any atom is -0.462 e. The number of esters is 1. The van der Waals surface area contributed by atoms with Crippen LogP contribution in [0.3, 0.4) is 0 Å². The SMILES string of the molecule is CCOC(=O)c1ccccc1C(=O)CCc1ccc(C=S)cc1. The molecule has 0 aliphatic heterocycles. The summed E-state index contributed by atoms with van der Waals surface area (Å²) in [7, 11) is 0. The molecule has 0 saturated heterocycles. The third kappa shape index (κ3) is 4.57. The lowest BCUT2D eigenvalue weighted by atomic mass is 9.98. The monoisotopic (exact) mass is 326 g/mol. The molecule has 0 aliphatic carbocycles. The molecule has 2 rings (SSSR count). The zero-order chi connectivity index (χ0) is 16.7. The number of thiocarbonyl (C=S) groups is 1. The summed E-state index contributed by atoms with van der Waals surface area (Å²) >= 11 is 4.87. The number of Topliss-reactive ketones (excluding diaryl/α,β-unsaturated/α-hetero) is 1. The smallest absolute Gasteiger partial charge is 0.338 e. The Morgan fingerprint density at radius 1 is 1.04 bits per heavy atom. The molecule has 0 radical (unpaired) electrons. The van der Waals surface area contributed by atoms with Crippen LogP contribution in [0.15, 0.2) is 48.5 Å². The topological polar surface area (TPSA) is 43.4 Å². The van der Waals surface area contributed by atoms with Gasteiger partial charge in [0.15, 0.2) is 5.78 Å². The molecular weight excluding hydrogens is 308 g/mol. The molecule has 0 bridgehead atoms. The van der Waals surface area contributed by atoms with Gasteiger partial charge in [-0.1, -0.05) is 54.7 Å². The second-order valence-electron chi connectivity index (χ2n) is 5.05. The molecule has 0 N–H and O–H groups in total. The van der Waals surface area contributed by atoms with E-state index in [1.165, 1.54) is 0 Å². The Morgan fingerprint density at radius 2 is 1.70 bits per heavy atom. The second kappa shape index (κ2) is 8.34. The summed E-state index contributed by atoms with van der Waals surface area (Å²) in [5.74, 6) is -0.519. The van der Waals surface area contributed by atoms with E-state index in [1.54, 1.807) is 36.6 Å². The van der Waals surface area contributed by atoms with Crippen LogP contribution in [0.25, 0.3) is 0 Å². The third-order valence-electron chi connectivity index (χ3n) is 3.48. The fourth-order valence-electron chi connectivity index (χ4n) is 2.27. The van der Waals surface area contributed by atoms with E-state index in [1.807, 2.05) is 24.3 Å². The van der Waals surface area contributed by atoms with Gasteiger partial charge in [0.1, 0.15) is 0 Å². The number of hydrogen-bond acceptors (Lipinski definition) is 4. The lowest BCUT2D eigenvalue weighted by molar-refractivity contribution is 0.0523. The first kappa shape index (κ1) is 17.0. The first-order valence-electron chi connectivity index (χ1n) is 7.49. The van der Waals surface area contributed by atoms with E-state index < -0.39 is 5.97 Å². The Hall–Kier alpha value is -2.33. The standard InChI is InChI=1S/C19H18O3S/c1-2-22-19(21)17-6-4-3-5-16(17)18(20)12-11-14-7-9-15(13-23)10-8-14/h3-10,13H,2,11-12H2,1H3. The van der Waals surface area contributed by atoms with E-state index in [0.717, 1.165) is 11.1 Å². The van der Waals surface area contributed by atoms with Crippen molar-refractivity contribution in [2.24, 2.45) is 0 Å². The maximum absolute atomic E-state index is 12.4. The maximum atomic E-state index is 12.4. The van der Waals surface area contributed by atoms with Crippen LogP contribution >= 0.6 is 12.2 Å². The van der Waals surface area contributed by atoms with Crippen molar-refractivity contribution in [1.29, 1.82) is 0 Å². The van der Waals surface area contributed by atoms with Crippen LogP contribution in [-0.2, 0) is 11.2 Å². The van der Waals surface area contributed by atoms with Crippen LogP contribution in [0, 0.1) is 0 Å². The summed E-state index contributed by atoms with van der Waals surface area (Å²) in [6, 6.07) is 14.6. The van der Waals surface area contributed by atoms with Gasteiger partial charge in [0.25, 0.3) is 0 Å². The van der Waals surface area contributed by atoms with E-state index in [0.29, 0.717) is 24.0 Å². The highest BCUT2D eigenvalue weighted by Gasteiger charge is 2.17. The largest absolute Gasteiger partial charge is 0.462 e. The molecule has 0 amide bonds. The Kier molecular flexibility index (Phi) is 6.18. The number of carbonyl (C=O) groups excluding carboxylic acids is 2. The third-order valence-corrected chi connectivity index (χ3v) is 3.75. The fraction of sp³-hybridized carbons (Fsp3) is 0.211. The zero-order valence-electron chi connectivity index (χ0n) is 13.0. The molecule has 23 heavy (non-hydrogen) atoms. The predicted molar refractivity (Wildman–Crippen MR) is 94.2 cm³/mol. The number of carbonyl (C=O) groups is 2. The Balaban J connectivity index is 2.08. The molecule has 0 fully saturated rings. The Bertz CT molecular complexity index is 705. The minimum absolute atomic E-state index is 0.0624. The van der Waals surface area contributed by atoms with Gasteiger partial charge in [-0.25, -0.2) is 4.79 Å². The van der Waals surface area contributed by atoms with E-state index in [-0.39, 0.29) is 12.4 Å². The van der Waals surface area contributed by atoms with Crippen molar-refractivity contribution in [3.8, 4) is 0 Å². The van der Waals surface area contributed by atoms with Crippen molar-refractivity contribution < 1.29 is 14.3 Å². The first-order chi connectivity index (χ1) is 11.2. The quantitative estimate of drug-likeness (QED) is 0.438. The number of ether oxygens (including phenoxy) is 1. The maximum Gasteiger partial charge on any atom is 0.338 e. The van der Waals surface area contributed by atoms with Gasteiger partial charge < -0.3 is 4.74 Å². The lowest BCUT2D eigenvalue weighted by Crippen LogP contribution is -2.12. The highest BCUT2D eigenvalue weighted by Crippen LogP contribution is 2.15. The molecule has 0 unspecified atom stereocenters. The summed E-state index contributed by atoms with van der Waals surface area (Å²) in [5.41, 5.74) is 2.78. The first-order valence-corrected chi connectivity index (χ1v) is 7.96. The number of benzene rings is 2. The Morgan fingerprint density at radius 3 is 2.30 bits per heavy atom. The van der Waals surface area contributed by atoms with Crippen molar-refractivity contribution in [2.75, 3.05) is 6.61 Å². The van der Waals surface area contributed by atoms with Gasteiger partial charge in [0.2, 0.25) is 0 Å². The molecular formula is C19H18O3S. The number of hydrogen-bond donors (Lipinski definition) is 0. The molecule has 0 atom stereocenters. The normalized spacial score (nSPS) is 10.1. The van der Waals surface area contributed by atoms with Gasteiger partial charge in [-0.2, -0.15) is 0 Å². The van der Waals surface area contributed by atoms with Gasteiger partial charge in [-0.3, -0.25) is 4.79 Å². The summed E-state index contributed by atoms with van der Waals surface area (Å²) in [4.78, 5) is 24.4. The molecule has 4 heteroatoms.